The van der Waals surface area contributed by atoms with Crippen LogP contribution in [0.4, 0.5) is 5.69 Å². The van der Waals surface area contributed by atoms with Crippen LogP contribution in [0.5, 0.6) is 0 Å². The molecule has 0 saturated carbocycles. The molecule has 35 heavy (non-hydrogen) atoms. The van der Waals surface area contributed by atoms with Crippen molar-refractivity contribution in [1.82, 2.24) is 4.98 Å². The summed E-state index contributed by atoms with van der Waals surface area (Å²) in [5, 5.41) is 3.71. The SMILES string of the molecule is Cc1cc(C)cc(NC(=O)C(OC(=O)c2c3c(nc4ccccc24)CCCC3)c2ccccc2)c1. The lowest BCUT2D eigenvalue weighted by Gasteiger charge is -2.22. The van der Waals surface area contributed by atoms with Crippen molar-refractivity contribution < 1.29 is 14.3 Å². The molecule has 1 aliphatic rings. The van der Waals surface area contributed by atoms with Gasteiger partial charge in [0.25, 0.3) is 5.91 Å². The summed E-state index contributed by atoms with van der Waals surface area (Å²) in [5.74, 6) is -0.882. The lowest BCUT2D eigenvalue weighted by molar-refractivity contribution is -0.125. The van der Waals surface area contributed by atoms with Crippen molar-refractivity contribution in [3.63, 3.8) is 0 Å². The Hall–Kier alpha value is -3.99. The molecule has 0 fully saturated rings. The third-order valence-corrected chi connectivity index (χ3v) is 6.43. The molecule has 1 aromatic heterocycles. The molecule has 0 bridgehead atoms. The van der Waals surface area contributed by atoms with Gasteiger partial charge in [-0.1, -0.05) is 54.6 Å². The van der Waals surface area contributed by atoms with Gasteiger partial charge in [0.15, 0.2) is 0 Å². The molecular formula is C30H28N2O3. The van der Waals surface area contributed by atoms with E-state index in [2.05, 4.69) is 5.32 Å². The van der Waals surface area contributed by atoms with Gasteiger partial charge in [0.05, 0.1) is 11.1 Å². The van der Waals surface area contributed by atoms with Crippen LogP contribution < -0.4 is 5.32 Å². The van der Waals surface area contributed by atoms with Crippen LogP contribution in [-0.2, 0) is 22.4 Å². The number of nitrogens with zero attached hydrogens (tertiary/aromatic N) is 1. The van der Waals surface area contributed by atoms with Crippen molar-refractivity contribution >= 4 is 28.5 Å². The van der Waals surface area contributed by atoms with Gasteiger partial charge >= 0.3 is 5.97 Å². The number of amides is 1. The van der Waals surface area contributed by atoms with Crippen molar-refractivity contribution in [3.05, 3.63) is 106 Å². The summed E-state index contributed by atoms with van der Waals surface area (Å²) in [6, 6.07) is 22.7. The van der Waals surface area contributed by atoms with E-state index in [0.717, 1.165) is 59.0 Å². The highest BCUT2D eigenvalue weighted by Crippen LogP contribution is 2.31. The van der Waals surface area contributed by atoms with E-state index in [4.69, 9.17) is 9.72 Å². The first-order valence-electron chi connectivity index (χ1n) is 12.0. The number of carbonyl (C=O) groups excluding carboxylic acids is 2. The van der Waals surface area contributed by atoms with Crippen LogP contribution in [0.2, 0.25) is 0 Å². The minimum Gasteiger partial charge on any atom is -0.444 e. The number of benzene rings is 3. The maximum absolute atomic E-state index is 13.7. The minimum absolute atomic E-state index is 0.387. The number of rotatable bonds is 5. The van der Waals surface area contributed by atoms with Gasteiger partial charge in [-0.3, -0.25) is 9.78 Å². The molecule has 1 unspecified atom stereocenters. The van der Waals surface area contributed by atoms with Crippen LogP contribution in [-0.4, -0.2) is 16.9 Å². The predicted octanol–water partition coefficient (Wildman–Crippen LogP) is 6.27. The van der Waals surface area contributed by atoms with Gasteiger partial charge in [0, 0.05) is 22.3 Å². The van der Waals surface area contributed by atoms with E-state index in [0.29, 0.717) is 16.8 Å². The van der Waals surface area contributed by atoms with E-state index in [1.165, 1.54) is 0 Å². The number of ether oxygens (including phenoxy) is 1. The lowest BCUT2D eigenvalue weighted by atomic mass is 9.90. The Balaban J connectivity index is 1.53. The van der Waals surface area contributed by atoms with Crippen LogP contribution >= 0.6 is 0 Å². The van der Waals surface area contributed by atoms with Crippen molar-refractivity contribution in [1.29, 1.82) is 0 Å². The molecule has 4 aromatic rings. The number of anilines is 1. The zero-order chi connectivity index (χ0) is 24.4. The van der Waals surface area contributed by atoms with Gasteiger partial charge in [0.2, 0.25) is 6.10 Å². The zero-order valence-electron chi connectivity index (χ0n) is 20.0. The first-order valence-corrected chi connectivity index (χ1v) is 12.0. The Kier molecular flexibility index (Phi) is 6.32. The Morgan fingerprint density at radius 3 is 2.34 bits per heavy atom. The van der Waals surface area contributed by atoms with Gasteiger partial charge < -0.3 is 10.1 Å². The molecule has 176 valence electrons. The number of hydrogen-bond donors (Lipinski definition) is 1. The van der Waals surface area contributed by atoms with Gasteiger partial charge in [-0.25, -0.2) is 4.79 Å². The highest BCUT2D eigenvalue weighted by atomic mass is 16.5. The molecule has 3 aromatic carbocycles. The summed E-state index contributed by atoms with van der Waals surface area (Å²) in [7, 11) is 0. The van der Waals surface area contributed by atoms with Crippen molar-refractivity contribution in [3.8, 4) is 0 Å². The molecule has 1 heterocycles. The van der Waals surface area contributed by atoms with Gasteiger partial charge in [-0.05, 0) is 74.4 Å². The van der Waals surface area contributed by atoms with Gasteiger partial charge in [-0.2, -0.15) is 0 Å². The Labute approximate surface area is 205 Å². The highest BCUT2D eigenvalue weighted by molar-refractivity contribution is 6.06. The second-order valence-electron chi connectivity index (χ2n) is 9.20. The van der Waals surface area contributed by atoms with Crippen LogP contribution in [0, 0.1) is 13.8 Å². The molecule has 1 aliphatic carbocycles. The molecule has 1 amide bonds. The third kappa shape index (κ3) is 4.80. The number of esters is 1. The summed E-state index contributed by atoms with van der Waals surface area (Å²) >= 11 is 0. The van der Waals surface area contributed by atoms with Crippen LogP contribution in [0.3, 0.4) is 0 Å². The van der Waals surface area contributed by atoms with Crippen LogP contribution in [0.1, 0.15) is 57.3 Å². The molecule has 1 atom stereocenters. The largest absolute Gasteiger partial charge is 0.444 e. The van der Waals surface area contributed by atoms with E-state index in [1.54, 1.807) is 12.1 Å². The van der Waals surface area contributed by atoms with Gasteiger partial charge in [0.1, 0.15) is 0 Å². The summed E-state index contributed by atoms with van der Waals surface area (Å²) < 4.78 is 6.01. The summed E-state index contributed by atoms with van der Waals surface area (Å²) in [6.45, 7) is 3.96. The molecule has 5 heteroatoms. The second kappa shape index (κ2) is 9.71. The number of carbonyl (C=O) groups is 2. The van der Waals surface area contributed by atoms with Crippen LogP contribution in [0.15, 0.2) is 72.8 Å². The maximum Gasteiger partial charge on any atom is 0.340 e. The lowest BCUT2D eigenvalue weighted by Crippen LogP contribution is -2.27. The molecule has 0 spiro atoms. The molecule has 0 saturated heterocycles. The average Bonchev–Trinajstić information content (AvgIpc) is 2.85. The number of para-hydroxylation sites is 1. The van der Waals surface area contributed by atoms with Crippen molar-refractivity contribution in [2.45, 2.75) is 45.6 Å². The second-order valence-corrected chi connectivity index (χ2v) is 9.20. The summed E-state index contributed by atoms with van der Waals surface area (Å²) in [4.78, 5) is 32.0. The van der Waals surface area contributed by atoms with Crippen molar-refractivity contribution in [2.75, 3.05) is 5.32 Å². The normalized spacial score (nSPS) is 13.7. The number of hydrogen-bond acceptors (Lipinski definition) is 4. The molecule has 1 N–H and O–H groups in total. The summed E-state index contributed by atoms with van der Waals surface area (Å²) in [5.41, 5.74) is 6.60. The maximum atomic E-state index is 13.7. The quantitative estimate of drug-likeness (QED) is 0.354. The topological polar surface area (TPSA) is 68.3 Å². The first-order chi connectivity index (χ1) is 17.0. The van der Waals surface area contributed by atoms with E-state index < -0.39 is 12.1 Å². The molecular weight excluding hydrogens is 436 g/mol. The van der Waals surface area contributed by atoms with Crippen molar-refractivity contribution in [2.24, 2.45) is 0 Å². The number of nitrogens with one attached hydrogen (secondary N) is 1. The third-order valence-electron chi connectivity index (χ3n) is 6.43. The number of aryl methyl sites for hydroxylation is 3. The monoisotopic (exact) mass is 464 g/mol. The summed E-state index contributed by atoms with van der Waals surface area (Å²) in [6.07, 6.45) is 2.59. The fourth-order valence-corrected chi connectivity index (χ4v) is 4.93. The highest BCUT2D eigenvalue weighted by Gasteiger charge is 2.29. The smallest absolute Gasteiger partial charge is 0.340 e. The average molecular weight is 465 g/mol. The van der Waals surface area contributed by atoms with E-state index in [9.17, 15) is 9.59 Å². The number of pyridine rings is 1. The van der Waals surface area contributed by atoms with E-state index >= 15 is 0 Å². The Bertz CT molecular complexity index is 1390. The number of fused-ring (bicyclic) bond motifs is 2. The standard InChI is InChI=1S/C30H28N2O3/c1-19-16-20(2)18-22(17-19)31-29(33)28(21-10-4-3-5-11-21)35-30(34)27-23-12-6-8-14-25(23)32-26-15-9-7-13-24(26)27/h3-6,8,10-12,14,16-18,28H,7,9,13,15H2,1-2H3,(H,31,33). The molecule has 0 aliphatic heterocycles. The minimum atomic E-state index is -1.09. The zero-order valence-corrected chi connectivity index (χ0v) is 20.0. The Morgan fingerprint density at radius 2 is 1.57 bits per heavy atom. The predicted molar refractivity (Wildman–Crippen MR) is 138 cm³/mol. The molecule has 0 radical (unpaired) electrons. The van der Waals surface area contributed by atoms with E-state index in [-0.39, 0.29) is 5.91 Å². The molecule has 5 rings (SSSR count). The van der Waals surface area contributed by atoms with Crippen LogP contribution in [0.25, 0.3) is 10.9 Å². The fraction of sp³-hybridized carbons (Fsp3) is 0.233. The molecule has 5 nitrogen and oxygen atoms in total. The van der Waals surface area contributed by atoms with E-state index in [1.807, 2.05) is 74.5 Å². The van der Waals surface area contributed by atoms with Gasteiger partial charge in [-0.15, -0.1) is 0 Å². The number of aromatic nitrogens is 1. The fourth-order valence-electron chi connectivity index (χ4n) is 4.93. The first kappa shape index (κ1) is 22.8. The Morgan fingerprint density at radius 1 is 0.886 bits per heavy atom.